The Morgan fingerprint density at radius 3 is 2.50 bits per heavy atom. The minimum absolute atomic E-state index is 0.137. The van der Waals surface area contributed by atoms with Gasteiger partial charge in [0.15, 0.2) is 5.15 Å². The molecular formula is C8H14ClN3. The molecule has 0 aromatic carbocycles. The molecule has 12 heavy (non-hydrogen) atoms. The van der Waals surface area contributed by atoms with Crippen molar-refractivity contribution in [2.45, 2.75) is 19.4 Å². The topological polar surface area (TPSA) is 29.9 Å². The molecule has 1 heterocycles. The van der Waals surface area contributed by atoms with Crippen molar-refractivity contribution in [1.82, 2.24) is 14.9 Å². The first kappa shape index (κ1) is 9.55. The summed E-state index contributed by atoms with van der Waals surface area (Å²) in [5.41, 5.74) is 0.870. The first-order chi connectivity index (χ1) is 5.49. The predicted octanol–water partition coefficient (Wildman–Crippen LogP) is 1.53. The minimum Gasteiger partial charge on any atom is -0.335 e. The van der Waals surface area contributed by atoms with Crippen LogP contribution in [-0.4, -0.2) is 16.6 Å². The summed E-state index contributed by atoms with van der Waals surface area (Å²) in [5, 5.41) is 3.75. The smallest absolute Gasteiger partial charge is 0.152 e. The number of nitrogens with one attached hydrogen (secondary N) is 1. The molecule has 0 saturated carbocycles. The quantitative estimate of drug-likeness (QED) is 0.761. The van der Waals surface area contributed by atoms with Gasteiger partial charge in [0.05, 0.1) is 17.6 Å². The van der Waals surface area contributed by atoms with Crippen molar-refractivity contribution in [1.29, 1.82) is 0 Å². The maximum Gasteiger partial charge on any atom is 0.152 e. The molecule has 68 valence electrons. The molecule has 1 aromatic heterocycles. The van der Waals surface area contributed by atoms with Crippen LogP contribution in [0.25, 0.3) is 0 Å². The van der Waals surface area contributed by atoms with Crippen LogP contribution in [-0.2, 0) is 12.6 Å². The van der Waals surface area contributed by atoms with Crippen LogP contribution in [0.2, 0.25) is 5.15 Å². The third kappa shape index (κ3) is 1.47. The van der Waals surface area contributed by atoms with Crippen molar-refractivity contribution in [2.75, 3.05) is 7.05 Å². The number of rotatable bonds is 2. The van der Waals surface area contributed by atoms with Crippen LogP contribution in [0.1, 0.15) is 19.5 Å². The van der Waals surface area contributed by atoms with Gasteiger partial charge in [0.1, 0.15) is 0 Å². The first-order valence-corrected chi connectivity index (χ1v) is 4.23. The predicted molar refractivity (Wildman–Crippen MR) is 50.3 cm³/mol. The van der Waals surface area contributed by atoms with E-state index in [2.05, 4.69) is 24.1 Å². The molecule has 1 rings (SSSR count). The van der Waals surface area contributed by atoms with Gasteiger partial charge in [0.25, 0.3) is 0 Å². The summed E-state index contributed by atoms with van der Waals surface area (Å²) in [6, 6.07) is 0. The van der Waals surface area contributed by atoms with Gasteiger partial charge >= 0.3 is 0 Å². The molecule has 0 saturated heterocycles. The van der Waals surface area contributed by atoms with Crippen LogP contribution in [0.15, 0.2) is 6.33 Å². The van der Waals surface area contributed by atoms with Crippen LogP contribution in [0.3, 0.4) is 0 Å². The summed E-state index contributed by atoms with van der Waals surface area (Å²) < 4.78 is 1.93. The average molecular weight is 188 g/mol. The number of aromatic nitrogens is 2. The minimum atomic E-state index is -0.137. The maximum absolute atomic E-state index is 5.94. The number of nitrogens with zero attached hydrogens (tertiary/aromatic N) is 2. The third-order valence-electron chi connectivity index (χ3n) is 2.11. The molecule has 0 bridgehead atoms. The van der Waals surface area contributed by atoms with E-state index in [1.165, 1.54) is 0 Å². The van der Waals surface area contributed by atoms with Crippen LogP contribution in [0.5, 0.6) is 0 Å². The van der Waals surface area contributed by atoms with Gasteiger partial charge in [-0.3, -0.25) is 0 Å². The zero-order valence-electron chi connectivity index (χ0n) is 7.85. The van der Waals surface area contributed by atoms with Gasteiger partial charge in [-0.15, -0.1) is 0 Å². The lowest BCUT2D eigenvalue weighted by Crippen LogP contribution is -2.35. The Hall–Kier alpha value is -0.540. The van der Waals surface area contributed by atoms with Crippen molar-refractivity contribution in [3.8, 4) is 0 Å². The van der Waals surface area contributed by atoms with Crippen molar-refractivity contribution in [3.63, 3.8) is 0 Å². The first-order valence-electron chi connectivity index (χ1n) is 3.85. The lowest BCUT2D eigenvalue weighted by molar-refractivity contribution is 0.418. The second-order valence-electron chi connectivity index (χ2n) is 3.37. The monoisotopic (exact) mass is 187 g/mol. The normalized spacial score (nSPS) is 12.1. The molecule has 0 amide bonds. The van der Waals surface area contributed by atoms with Crippen LogP contribution < -0.4 is 5.32 Å². The van der Waals surface area contributed by atoms with E-state index >= 15 is 0 Å². The van der Waals surface area contributed by atoms with Gasteiger partial charge in [0, 0.05) is 7.05 Å². The van der Waals surface area contributed by atoms with E-state index in [1.807, 2.05) is 18.7 Å². The average Bonchev–Trinajstić information content (AvgIpc) is 2.31. The summed E-state index contributed by atoms with van der Waals surface area (Å²) in [6.07, 6.45) is 1.72. The lowest BCUT2D eigenvalue weighted by atomic mass is 10.0. The highest BCUT2D eigenvalue weighted by atomic mass is 35.5. The molecule has 0 aliphatic carbocycles. The number of imidazole rings is 1. The highest BCUT2D eigenvalue weighted by Crippen LogP contribution is 2.25. The Bertz CT molecular complexity index is 258. The molecule has 1 N–H and O–H groups in total. The van der Waals surface area contributed by atoms with E-state index in [9.17, 15) is 0 Å². The second kappa shape index (κ2) is 3.07. The van der Waals surface area contributed by atoms with E-state index < -0.39 is 0 Å². The number of hydrogen-bond acceptors (Lipinski definition) is 2. The molecule has 0 fully saturated rings. The Kier molecular flexibility index (Phi) is 2.44. The van der Waals surface area contributed by atoms with E-state index in [0.29, 0.717) is 5.15 Å². The molecule has 0 aliphatic heterocycles. The van der Waals surface area contributed by atoms with Crippen LogP contribution in [0.4, 0.5) is 0 Å². The van der Waals surface area contributed by atoms with Gasteiger partial charge in [0.2, 0.25) is 0 Å². The Morgan fingerprint density at radius 1 is 1.58 bits per heavy atom. The van der Waals surface area contributed by atoms with Gasteiger partial charge in [-0.2, -0.15) is 0 Å². The van der Waals surface area contributed by atoms with Crippen LogP contribution >= 0.6 is 11.6 Å². The van der Waals surface area contributed by atoms with Crippen LogP contribution in [0, 0.1) is 0 Å². The number of hydrogen-bond donors (Lipinski definition) is 1. The summed E-state index contributed by atoms with van der Waals surface area (Å²) in [6.45, 7) is 4.13. The summed E-state index contributed by atoms with van der Waals surface area (Å²) in [4.78, 5) is 4.02. The fourth-order valence-corrected chi connectivity index (χ4v) is 1.63. The molecule has 3 nitrogen and oxygen atoms in total. The zero-order chi connectivity index (χ0) is 9.35. The van der Waals surface area contributed by atoms with Gasteiger partial charge in [-0.05, 0) is 20.9 Å². The summed E-state index contributed by atoms with van der Waals surface area (Å²) >= 11 is 5.94. The summed E-state index contributed by atoms with van der Waals surface area (Å²) in [5.74, 6) is 0. The standard InChI is InChI=1S/C8H14ClN3/c1-8(2,10-3)6-7(9)11-5-12(6)4/h5,10H,1-4H3. The van der Waals surface area contributed by atoms with E-state index in [4.69, 9.17) is 11.6 Å². The molecule has 0 atom stereocenters. The highest BCUT2D eigenvalue weighted by molar-refractivity contribution is 6.30. The largest absolute Gasteiger partial charge is 0.335 e. The molecular weight excluding hydrogens is 174 g/mol. The molecule has 0 unspecified atom stereocenters. The summed E-state index contributed by atoms with van der Waals surface area (Å²) in [7, 11) is 3.84. The fraction of sp³-hybridized carbons (Fsp3) is 0.625. The van der Waals surface area contributed by atoms with Crippen molar-refractivity contribution >= 4 is 11.6 Å². The molecule has 0 spiro atoms. The van der Waals surface area contributed by atoms with E-state index in [-0.39, 0.29) is 5.54 Å². The van der Waals surface area contributed by atoms with Gasteiger partial charge < -0.3 is 9.88 Å². The van der Waals surface area contributed by atoms with Crippen molar-refractivity contribution in [2.24, 2.45) is 7.05 Å². The molecule has 4 heteroatoms. The van der Waals surface area contributed by atoms with Crippen molar-refractivity contribution < 1.29 is 0 Å². The lowest BCUT2D eigenvalue weighted by Gasteiger charge is -2.24. The third-order valence-corrected chi connectivity index (χ3v) is 2.39. The highest BCUT2D eigenvalue weighted by Gasteiger charge is 2.24. The van der Waals surface area contributed by atoms with Gasteiger partial charge in [-0.1, -0.05) is 11.6 Å². The van der Waals surface area contributed by atoms with E-state index in [0.717, 1.165) is 5.69 Å². The Labute approximate surface area is 77.7 Å². The number of aryl methyl sites for hydroxylation is 1. The Morgan fingerprint density at radius 2 is 2.17 bits per heavy atom. The fourth-order valence-electron chi connectivity index (χ4n) is 1.22. The van der Waals surface area contributed by atoms with Crippen molar-refractivity contribution in [3.05, 3.63) is 17.2 Å². The molecule has 0 aliphatic rings. The van der Waals surface area contributed by atoms with Gasteiger partial charge in [-0.25, -0.2) is 4.98 Å². The maximum atomic E-state index is 5.94. The second-order valence-corrected chi connectivity index (χ2v) is 3.73. The molecule has 0 radical (unpaired) electrons. The SMILES string of the molecule is CNC(C)(C)c1c(Cl)ncn1C. The molecule has 1 aromatic rings. The zero-order valence-corrected chi connectivity index (χ0v) is 8.61. The Balaban J connectivity index is 3.17. The number of halogens is 1. The van der Waals surface area contributed by atoms with E-state index in [1.54, 1.807) is 6.33 Å².